The lowest BCUT2D eigenvalue weighted by molar-refractivity contribution is 0.468. The second-order valence-corrected chi connectivity index (χ2v) is 6.86. The molecule has 1 aliphatic rings. The van der Waals surface area contributed by atoms with Gasteiger partial charge in [-0.3, -0.25) is 0 Å². The number of benzene rings is 1. The highest BCUT2D eigenvalue weighted by atomic mass is 35.5. The predicted molar refractivity (Wildman–Crippen MR) is 85.5 cm³/mol. The molecule has 0 spiro atoms. The number of aromatic nitrogens is 1. The Labute approximate surface area is 129 Å². The molecule has 2 nitrogen and oxygen atoms in total. The first-order chi connectivity index (χ1) is 9.81. The van der Waals surface area contributed by atoms with Crippen molar-refractivity contribution in [3.63, 3.8) is 0 Å². The first-order valence-electron chi connectivity index (χ1n) is 7.16. The fourth-order valence-electron chi connectivity index (χ4n) is 2.41. The Morgan fingerprint density at radius 2 is 2.15 bits per heavy atom. The minimum absolute atomic E-state index is 0.557. The van der Waals surface area contributed by atoms with Gasteiger partial charge in [0.2, 0.25) is 0 Å². The van der Waals surface area contributed by atoms with Gasteiger partial charge in [0.1, 0.15) is 0 Å². The minimum atomic E-state index is 0.557. The van der Waals surface area contributed by atoms with Gasteiger partial charge in [-0.05, 0) is 43.4 Å². The molecule has 3 rings (SSSR count). The second kappa shape index (κ2) is 6.70. The molecule has 106 valence electrons. The van der Waals surface area contributed by atoms with Crippen LogP contribution in [0.25, 0.3) is 0 Å². The van der Waals surface area contributed by atoms with Crippen molar-refractivity contribution in [2.24, 2.45) is 5.92 Å². The Bertz CT molecular complexity index is 537. The first kappa shape index (κ1) is 14.1. The molecule has 2 aromatic rings. The molecule has 20 heavy (non-hydrogen) atoms. The molecule has 1 atom stereocenters. The van der Waals surface area contributed by atoms with Crippen molar-refractivity contribution in [3.05, 3.63) is 51.4 Å². The fourth-order valence-corrected chi connectivity index (χ4v) is 3.36. The van der Waals surface area contributed by atoms with Crippen LogP contribution in [0.4, 0.5) is 0 Å². The zero-order chi connectivity index (χ0) is 13.8. The maximum Gasteiger partial charge on any atom is 0.0928 e. The van der Waals surface area contributed by atoms with E-state index in [-0.39, 0.29) is 0 Å². The van der Waals surface area contributed by atoms with E-state index in [9.17, 15) is 0 Å². The molecule has 0 amide bonds. The summed E-state index contributed by atoms with van der Waals surface area (Å²) in [4.78, 5) is 4.42. The highest BCUT2D eigenvalue weighted by Gasteiger charge is 2.22. The van der Waals surface area contributed by atoms with E-state index in [4.69, 9.17) is 11.6 Å². The summed E-state index contributed by atoms with van der Waals surface area (Å²) in [6.07, 6.45) is 6.59. The maximum atomic E-state index is 6.29. The normalized spacial score (nSPS) is 16.2. The molecule has 1 unspecified atom stereocenters. The summed E-state index contributed by atoms with van der Waals surface area (Å²) in [5.74, 6) is 0.557. The van der Waals surface area contributed by atoms with Crippen LogP contribution in [-0.2, 0) is 12.8 Å². The number of hydrogen-bond donors (Lipinski definition) is 1. The molecule has 1 aromatic heterocycles. The zero-order valence-corrected chi connectivity index (χ0v) is 13.0. The van der Waals surface area contributed by atoms with Crippen LogP contribution in [0.3, 0.4) is 0 Å². The topological polar surface area (TPSA) is 24.9 Å². The zero-order valence-electron chi connectivity index (χ0n) is 11.4. The fraction of sp³-hybridized carbons (Fsp3) is 0.438. The molecule has 0 saturated heterocycles. The SMILES string of the molecule is Clc1ccccc1CC(CNC1CC1)Cc1nccs1. The number of hydrogen-bond acceptors (Lipinski definition) is 3. The summed E-state index contributed by atoms with van der Waals surface area (Å²) in [6.45, 7) is 1.05. The van der Waals surface area contributed by atoms with Crippen LogP contribution in [0.2, 0.25) is 5.02 Å². The summed E-state index contributed by atoms with van der Waals surface area (Å²) < 4.78 is 0. The molecule has 1 N–H and O–H groups in total. The lowest BCUT2D eigenvalue weighted by Crippen LogP contribution is -2.27. The molecule has 1 fully saturated rings. The predicted octanol–water partition coefficient (Wildman–Crippen LogP) is 3.95. The Hall–Kier alpha value is -0.900. The van der Waals surface area contributed by atoms with E-state index >= 15 is 0 Å². The number of nitrogens with one attached hydrogen (secondary N) is 1. The summed E-state index contributed by atoms with van der Waals surface area (Å²) in [7, 11) is 0. The van der Waals surface area contributed by atoms with Gasteiger partial charge in [-0.2, -0.15) is 0 Å². The van der Waals surface area contributed by atoms with Gasteiger partial charge < -0.3 is 5.32 Å². The lowest BCUT2D eigenvalue weighted by atomic mass is 9.96. The van der Waals surface area contributed by atoms with E-state index < -0.39 is 0 Å². The molecular weight excluding hydrogens is 288 g/mol. The Morgan fingerprint density at radius 3 is 2.85 bits per heavy atom. The number of rotatable bonds is 7. The lowest BCUT2D eigenvalue weighted by Gasteiger charge is -2.17. The van der Waals surface area contributed by atoms with Gasteiger partial charge in [0, 0.05) is 29.1 Å². The Morgan fingerprint density at radius 1 is 1.30 bits per heavy atom. The number of nitrogens with zero attached hydrogens (tertiary/aromatic N) is 1. The molecule has 1 aliphatic carbocycles. The van der Waals surface area contributed by atoms with Crippen molar-refractivity contribution >= 4 is 22.9 Å². The standard InChI is InChI=1S/C16H19ClN2S/c17-15-4-2-1-3-13(15)9-12(11-19-14-5-6-14)10-16-18-7-8-20-16/h1-4,7-8,12,14,19H,5-6,9-11H2. The molecule has 0 radical (unpaired) electrons. The van der Waals surface area contributed by atoms with Crippen molar-refractivity contribution in [3.8, 4) is 0 Å². The number of halogens is 1. The summed E-state index contributed by atoms with van der Waals surface area (Å²) in [5, 5.41) is 7.79. The third-order valence-electron chi connectivity index (χ3n) is 3.69. The van der Waals surface area contributed by atoms with Gasteiger partial charge in [-0.1, -0.05) is 29.8 Å². The van der Waals surface area contributed by atoms with Crippen LogP contribution in [0.1, 0.15) is 23.4 Å². The van der Waals surface area contributed by atoms with Crippen molar-refractivity contribution in [2.45, 2.75) is 31.7 Å². The first-order valence-corrected chi connectivity index (χ1v) is 8.42. The maximum absolute atomic E-state index is 6.29. The molecule has 4 heteroatoms. The largest absolute Gasteiger partial charge is 0.314 e. The summed E-state index contributed by atoms with van der Waals surface area (Å²) in [5.41, 5.74) is 1.24. The molecule has 1 saturated carbocycles. The highest BCUT2D eigenvalue weighted by molar-refractivity contribution is 7.09. The molecule has 1 aromatic carbocycles. The molecular formula is C16H19ClN2S. The monoisotopic (exact) mass is 306 g/mol. The van der Waals surface area contributed by atoms with Crippen LogP contribution in [0, 0.1) is 5.92 Å². The third-order valence-corrected chi connectivity index (χ3v) is 4.86. The second-order valence-electron chi connectivity index (χ2n) is 5.47. The van der Waals surface area contributed by atoms with Crippen molar-refractivity contribution in [2.75, 3.05) is 6.54 Å². The Kier molecular flexibility index (Phi) is 4.71. The van der Waals surface area contributed by atoms with E-state index in [2.05, 4.69) is 27.8 Å². The quantitative estimate of drug-likeness (QED) is 0.838. The summed E-state index contributed by atoms with van der Waals surface area (Å²) >= 11 is 8.04. The van der Waals surface area contributed by atoms with E-state index in [1.807, 2.05) is 18.3 Å². The van der Waals surface area contributed by atoms with Gasteiger partial charge in [-0.15, -0.1) is 11.3 Å². The highest BCUT2D eigenvalue weighted by Crippen LogP contribution is 2.23. The van der Waals surface area contributed by atoms with Gasteiger partial charge in [-0.25, -0.2) is 4.98 Å². The van der Waals surface area contributed by atoms with E-state index in [1.165, 1.54) is 23.4 Å². The van der Waals surface area contributed by atoms with Crippen LogP contribution < -0.4 is 5.32 Å². The van der Waals surface area contributed by atoms with Gasteiger partial charge >= 0.3 is 0 Å². The van der Waals surface area contributed by atoms with Crippen molar-refractivity contribution < 1.29 is 0 Å². The average Bonchev–Trinajstić information content (AvgIpc) is 3.15. The van der Waals surface area contributed by atoms with Crippen LogP contribution in [0.5, 0.6) is 0 Å². The molecule has 1 heterocycles. The van der Waals surface area contributed by atoms with Gasteiger partial charge in [0.25, 0.3) is 0 Å². The number of thiazole rings is 1. The van der Waals surface area contributed by atoms with Crippen LogP contribution >= 0.6 is 22.9 Å². The van der Waals surface area contributed by atoms with Gasteiger partial charge in [0.15, 0.2) is 0 Å². The third kappa shape index (κ3) is 4.05. The molecule has 0 aliphatic heterocycles. The van der Waals surface area contributed by atoms with E-state index in [0.717, 1.165) is 30.5 Å². The molecule has 0 bridgehead atoms. The van der Waals surface area contributed by atoms with Crippen LogP contribution in [0.15, 0.2) is 35.8 Å². The van der Waals surface area contributed by atoms with Gasteiger partial charge in [0.05, 0.1) is 5.01 Å². The Balaban J connectivity index is 1.65. The van der Waals surface area contributed by atoms with Crippen molar-refractivity contribution in [1.29, 1.82) is 0 Å². The minimum Gasteiger partial charge on any atom is -0.314 e. The smallest absolute Gasteiger partial charge is 0.0928 e. The van der Waals surface area contributed by atoms with E-state index in [1.54, 1.807) is 11.3 Å². The van der Waals surface area contributed by atoms with Crippen molar-refractivity contribution in [1.82, 2.24) is 10.3 Å². The average molecular weight is 307 g/mol. The van der Waals surface area contributed by atoms with E-state index in [0.29, 0.717) is 5.92 Å². The summed E-state index contributed by atoms with van der Waals surface area (Å²) in [6, 6.07) is 8.92. The van der Waals surface area contributed by atoms with Crippen LogP contribution in [-0.4, -0.2) is 17.6 Å².